The van der Waals surface area contributed by atoms with Gasteiger partial charge in [-0.3, -0.25) is 0 Å². The molecule has 3 aromatic rings. The molecule has 3 heterocycles. The molecule has 8 heteroatoms. The second-order valence-electron chi connectivity index (χ2n) is 8.36. The van der Waals surface area contributed by atoms with E-state index in [0.717, 1.165) is 17.1 Å². The Hall–Kier alpha value is -3.81. The van der Waals surface area contributed by atoms with Gasteiger partial charge in [0, 0.05) is 43.5 Å². The Bertz CT molecular complexity index is 1160. The molecule has 170 valence electrons. The third kappa shape index (κ3) is 4.55. The number of hydrogen-bond acceptors (Lipinski definition) is 6. The lowest BCUT2D eigenvalue weighted by Crippen LogP contribution is -2.50. The number of benzene rings is 2. The standard InChI is InChI=1S/C25H27N5O3/c1-17-3-5-20(18(2)15-17)21-6-8-24(28-27-21)29-9-11-30(12-10-29)25(31)26-19-4-7-22-23(16-19)33-14-13-32-22/h3-8,15-16H,9-14H2,1-2H3,(H,26,31). The Kier molecular flexibility index (Phi) is 5.73. The summed E-state index contributed by atoms with van der Waals surface area (Å²) in [4.78, 5) is 16.7. The van der Waals surface area contributed by atoms with E-state index in [9.17, 15) is 4.79 Å². The highest BCUT2D eigenvalue weighted by Gasteiger charge is 2.23. The summed E-state index contributed by atoms with van der Waals surface area (Å²) in [5.41, 5.74) is 5.08. The third-order valence-electron chi connectivity index (χ3n) is 5.99. The van der Waals surface area contributed by atoms with Gasteiger partial charge in [0.2, 0.25) is 0 Å². The van der Waals surface area contributed by atoms with Gasteiger partial charge < -0.3 is 24.6 Å². The quantitative estimate of drug-likeness (QED) is 0.659. The van der Waals surface area contributed by atoms with Crippen molar-refractivity contribution in [2.24, 2.45) is 0 Å². The first-order valence-electron chi connectivity index (χ1n) is 11.2. The Balaban J connectivity index is 1.18. The average molecular weight is 446 g/mol. The minimum atomic E-state index is -0.123. The number of fused-ring (bicyclic) bond motifs is 1. The molecule has 5 rings (SSSR count). The molecular formula is C25H27N5O3. The number of rotatable bonds is 3. The first kappa shape index (κ1) is 21.1. The highest BCUT2D eigenvalue weighted by atomic mass is 16.6. The normalized spacial score (nSPS) is 15.3. The van der Waals surface area contributed by atoms with Gasteiger partial charge in [0.1, 0.15) is 13.2 Å². The first-order chi connectivity index (χ1) is 16.1. The van der Waals surface area contributed by atoms with Gasteiger partial charge >= 0.3 is 6.03 Å². The number of amides is 2. The fraction of sp³-hybridized carbons (Fsp3) is 0.320. The van der Waals surface area contributed by atoms with E-state index in [1.54, 1.807) is 6.07 Å². The van der Waals surface area contributed by atoms with Gasteiger partial charge in [0.05, 0.1) is 5.69 Å². The molecule has 2 amide bonds. The third-order valence-corrected chi connectivity index (χ3v) is 5.99. The van der Waals surface area contributed by atoms with E-state index in [1.165, 1.54) is 11.1 Å². The highest BCUT2D eigenvalue weighted by molar-refractivity contribution is 5.90. The molecular weight excluding hydrogens is 418 g/mol. The molecule has 0 aliphatic carbocycles. The van der Waals surface area contributed by atoms with Crippen molar-refractivity contribution in [1.29, 1.82) is 0 Å². The molecule has 0 atom stereocenters. The number of carbonyl (C=O) groups excluding carboxylic acids is 1. The molecule has 0 saturated carbocycles. The molecule has 2 aromatic carbocycles. The number of aryl methyl sites for hydroxylation is 2. The SMILES string of the molecule is Cc1ccc(-c2ccc(N3CCN(C(=O)Nc4ccc5c(c4)OCCO5)CC3)nn2)c(C)c1. The van der Waals surface area contributed by atoms with Crippen molar-refractivity contribution in [3.05, 3.63) is 59.7 Å². The van der Waals surface area contributed by atoms with Crippen LogP contribution in [0.15, 0.2) is 48.5 Å². The van der Waals surface area contributed by atoms with Crippen LogP contribution < -0.4 is 19.7 Å². The second-order valence-corrected chi connectivity index (χ2v) is 8.36. The van der Waals surface area contributed by atoms with Crippen molar-refractivity contribution in [2.45, 2.75) is 13.8 Å². The first-order valence-corrected chi connectivity index (χ1v) is 11.2. The van der Waals surface area contributed by atoms with Crippen LogP contribution in [0, 0.1) is 13.8 Å². The molecule has 0 spiro atoms. The largest absolute Gasteiger partial charge is 0.486 e. The minimum Gasteiger partial charge on any atom is -0.486 e. The maximum absolute atomic E-state index is 12.7. The summed E-state index contributed by atoms with van der Waals surface area (Å²) in [7, 11) is 0. The van der Waals surface area contributed by atoms with Crippen molar-refractivity contribution < 1.29 is 14.3 Å². The smallest absolute Gasteiger partial charge is 0.321 e. The van der Waals surface area contributed by atoms with E-state index in [-0.39, 0.29) is 6.03 Å². The summed E-state index contributed by atoms with van der Waals surface area (Å²) < 4.78 is 11.1. The molecule has 2 aliphatic heterocycles. The van der Waals surface area contributed by atoms with Crippen molar-refractivity contribution in [2.75, 3.05) is 49.6 Å². The van der Waals surface area contributed by atoms with Gasteiger partial charge in [0.15, 0.2) is 17.3 Å². The molecule has 0 unspecified atom stereocenters. The Morgan fingerprint density at radius 1 is 0.879 bits per heavy atom. The van der Waals surface area contributed by atoms with E-state index >= 15 is 0 Å². The molecule has 8 nitrogen and oxygen atoms in total. The number of nitrogens with one attached hydrogen (secondary N) is 1. The lowest BCUT2D eigenvalue weighted by molar-refractivity contribution is 0.171. The van der Waals surface area contributed by atoms with E-state index < -0.39 is 0 Å². The molecule has 1 saturated heterocycles. The number of piperazine rings is 1. The minimum absolute atomic E-state index is 0.123. The average Bonchev–Trinajstić information content (AvgIpc) is 2.84. The van der Waals surface area contributed by atoms with Crippen LogP contribution in [0.25, 0.3) is 11.3 Å². The van der Waals surface area contributed by atoms with Crippen LogP contribution in [0.5, 0.6) is 11.5 Å². The zero-order chi connectivity index (χ0) is 22.8. The fourth-order valence-electron chi connectivity index (χ4n) is 4.20. The summed E-state index contributed by atoms with van der Waals surface area (Å²) >= 11 is 0. The van der Waals surface area contributed by atoms with Gasteiger partial charge in [-0.05, 0) is 43.7 Å². The summed E-state index contributed by atoms with van der Waals surface area (Å²) in [6.45, 7) is 7.85. The summed E-state index contributed by atoms with van der Waals surface area (Å²) in [6.07, 6.45) is 0. The number of hydrogen-bond donors (Lipinski definition) is 1. The van der Waals surface area contributed by atoms with Crippen molar-refractivity contribution in [3.63, 3.8) is 0 Å². The van der Waals surface area contributed by atoms with E-state index in [0.29, 0.717) is 56.6 Å². The predicted octanol–water partition coefficient (Wildman–Crippen LogP) is 3.89. The maximum Gasteiger partial charge on any atom is 0.321 e. The number of urea groups is 1. The summed E-state index contributed by atoms with van der Waals surface area (Å²) in [5, 5.41) is 11.9. The number of nitrogens with zero attached hydrogens (tertiary/aromatic N) is 4. The topological polar surface area (TPSA) is 79.8 Å². The van der Waals surface area contributed by atoms with E-state index in [1.807, 2.05) is 29.2 Å². The van der Waals surface area contributed by atoms with Gasteiger partial charge in [0.25, 0.3) is 0 Å². The van der Waals surface area contributed by atoms with Crippen LogP contribution in [0.2, 0.25) is 0 Å². The van der Waals surface area contributed by atoms with Gasteiger partial charge in [-0.25, -0.2) is 4.79 Å². The number of ether oxygens (including phenoxy) is 2. The molecule has 1 N–H and O–H groups in total. The number of aromatic nitrogens is 2. The van der Waals surface area contributed by atoms with Gasteiger partial charge in [-0.1, -0.05) is 23.8 Å². The molecule has 0 radical (unpaired) electrons. The van der Waals surface area contributed by atoms with Crippen LogP contribution in [0.1, 0.15) is 11.1 Å². The predicted molar refractivity (Wildman–Crippen MR) is 127 cm³/mol. The maximum atomic E-state index is 12.7. The zero-order valence-corrected chi connectivity index (χ0v) is 18.9. The fourth-order valence-corrected chi connectivity index (χ4v) is 4.20. The Morgan fingerprint density at radius 2 is 1.67 bits per heavy atom. The lowest BCUT2D eigenvalue weighted by atomic mass is 10.0. The zero-order valence-electron chi connectivity index (χ0n) is 18.9. The van der Waals surface area contributed by atoms with Crippen LogP contribution in [0.4, 0.5) is 16.3 Å². The van der Waals surface area contributed by atoms with E-state index in [4.69, 9.17) is 9.47 Å². The summed E-state index contributed by atoms with van der Waals surface area (Å²) in [6, 6.07) is 15.7. The molecule has 2 aliphatic rings. The van der Waals surface area contributed by atoms with Crippen molar-refractivity contribution >= 4 is 17.5 Å². The number of anilines is 2. The lowest BCUT2D eigenvalue weighted by Gasteiger charge is -2.35. The van der Waals surface area contributed by atoms with Crippen LogP contribution in [-0.2, 0) is 0 Å². The van der Waals surface area contributed by atoms with E-state index in [2.05, 4.69) is 52.5 Å². The summed E-state index contributed by atoms with van der Waals surface area (Å²) in [5.74, 6) is 2.19. The molecule has 1 fully saturated rings. The number of carbonyl (C=O) groups is 1. The van der Waals surface area contributed by atoms with Crippen LogP contribution in [-0.4, -0.2) is 60.5 Å². The van der Waals surface area contributed by atoms with Crippen LogP contribution >= 0.6 is 0 Å². The molecule has 1 aromatic heterocycles. The van der Waals surface area contributed by atoms with Gasteiger partial charge in [-0.15, -0.1) is 10.2 Å². The van der Waals surface area contributed by atoms with Crippen molar-refractivity contribution in [1.82, 2.24) is 15.1 Å². The second kappa shape index (κ2) is 8.97. The molecule has 33 heavy (non-hydrogen) atoms. The molecule has 0 bridgehead atoms. The van der Waals surface area contributed by atoms with Crippen molar-refractivity contribution in [3.8, 4) is 22.8 Å². The van der Waals surface area contributed by atoms with Gasteiger partial charge in [-0.2, -0.15) is 0 Å². The van der Waals surface area contributed by atoms with Crippen LogP contribution in [0.3, 0.4) is 0 Å². The highest BCUT2D eigenvalue weighted by Crippen LogP contribution is 2.32. The Morgan fingerprint density at radius 3 is 2.39 bits per heavy atom. The monoisotopic (exact) mass is 445 g/mol. The Labute approximate surface area is 193 Å².